The van der Waals surface area contributed by atoms with Crippen LogP contribution in [0, 0.1) is 12.7 Å². The van der Waals surface area contributed by atoms with Crippen LogP contribution in [0.25, 0.3) is 16.9 Å². The summed E-state index contributed by atoms with van der Waals surface area (Å²) in [5.41, 5.74) is 9.84. The number of nitrogens with one attached hydrogen (secondary N) is 1. The van der Waals surface area contributed by atoms with Crippen molar-refractivity contribution in [2.75, 3.05) is 38.7 Å². The number of anilines is 1. The minimum absolute atomic E-state index is 0.243. The number of ether oxygens (including phenoxy) is 1. The van der Waals surface area contributed by atoms with Crippen LogP contribution in [0.3, 0.4) is 0 Å². The van der Waals surface area contributed by atoms with Crippen molar-refractivity contribution >= 4 is 11.8 Å². The topological polar surface area (TPSA) is 98.3 Å². The number of halogens is 1. The molecule has 0 spiro atoms. The molecule has 0 radical (unpaired) electrons. The van der Waals surface area contributed by atoms with Gasteiger partial charge in [0.05, 0.1) is 24.2 Å². The molecular weight excluding hydrogens is 483 g/mol. The number of benzene rings is 2. The van der Waals surface area contributed by atoms with Gasteiger partial charge in [-0.3, -0.25) is 10.3 Å². The zero-order chi connectivity index (χ0) is 26.9. The fourth-order valence-corrected chi connectivity index (χ4v) is 4.57. The van der Waals surface area contributed by atoms with Crippen molar-refractivity contribution < 1.29 is 13.9 Å². The molecular formula is C29H33FN6O2. The first kappa shape index (κ1) is 27.0. The summed E-state index contributed by atoms with van der Waals surface area (Å²) >= 11 is 0. The van der Waals surface area contributed by atoms with E-state index in [0.717, 1.165) is 60.7 Å². The third-order valence-corrected chi connectivity index (χ3v) is 6.49. The molecule has 38 heavy (non-hydrogen) atoms. The first-order valence-corrected chi connectivity index (χ1v) is 12.5. The van der Waals surface area contributed by atoms with Gasteiger partial charge in [-0.1, -0.05) is 48.5 Å². The van der Waals surface area contributed by atoms with E-state index in [0.29, 0.717) is 11.7 Å². The zero-order valence-electron chi connectivity index (χ0n) is 21.7. The van der Waals surface area contributed by atoms with Gasteiger partial charge < -0.3 is 15.4 Å². The Hall–Kier alpha value is -4.08. The Morgan fingerprint density at radius 3 is 2.50 bits per heavy atom. The SMILES string of the molecule is COCCN1CCC(c2cncc(F)c2)C1.Cc1c(-c2ccccc2)nn(-c2ccccc2)c1NC(N)=O. The number of pyridine rings is 1. The Labute approximate surface area is 222 Å². The van der Waals surface area contributed by atoms with E-state index < -0.39 is 6.03 Å². The van der Waals surface area contributed by atoms with Crippen LogP contribution in [0.1, 0.15) is 23.5 Å². The minimum Gasteiger partial charge on any atom is -0.383 e. The smallest absolute Gasteiger partial charge is 0.317 e. The number of rotatable bonds is 7. The maximum absolute atomic E-state index is 13.0. The molecule has 5 rings (SSSR count). The van der Waals surface area contributed by atoms with Crippen LogP contribution in [-0.2, 0) is 4.74 Å². The van der Waals surface area contributed by atoms with Gasteiger partial charge in [0, 0.05) is 37.5 Å². The van der Waals surface area contributed by atoms with Crippen LogP contribution in [0.15, 0.2) is 79.1 Å². The zero-order valence-corrected chi connectivity index (χ0v) is 21.7. The number of methoxy groups -OCH3 is 1. The van der Waals surface area contributed by atoms with Gasteiger partial charge in [0.15, 0.2) is 0 Å². The third kappa shape index (κ3) is 6.81. The molecule has 0 aliphatic carbocycles. The van der Waals surface area contributed by atoms with Gasteiger partial charge >= 0.3 is 6.03 Å². The van der Waals surface area contributed by atoms with E-state index >= 15 is 0 Å². The number of aromatic nitrogens is 3. The molecule has 1 saturated heterocycles. The molecule has 2 aromatic heterocycles. The van der Waals surface area contributed by atoms with Crippen LogP contribution >= 0.6 is 0 Å². The number of nitrogens with zero attached hydrogens (tertiary/aromatic N) is 4. The number of urea groups is 1. The summed E-state index contributed by atoms with van der Waals surface area (Å²) < 4.78 is 19.8. The Balaban J connectivity index is 0.000000186. The molecule has 1 fully saturated rings. The molecule has 1 atom stereocenters. The predicted molar refractivity (Wildman–Crippen MR) is 147 cm³/mol. The van der Waals surface area contributed by atoms with Crippen molar-refractivity contribution in [2.45, 2.75) is 19.3 Å². The van der Waals surface area contributed by atoms with Gasteiger partial charge in [-0.2, -0.15) is 5.10 Å². The maximum atomic E-state index is 13.0. The number of para-hydroxylation sites is 1. The summed E-state index contributed by atoms with van der Waals surface area (Å²) in [5, 5.41) is 7.32. The second-order valence-electron chi connectivity index (χ2n) is 9.14. The third-order valence-electron chi connectivity index (χ3n) is 6.49. The molecule has 198 valence electrons. The Bertz CT molecular complexity index is 1330. The molecule has 0 saturated carbocycles. The lowest BCUT2D eigenvalue weighted by Gasteiger charge is -2.15. The second kappa shape index (κ2) is 12.9. The van der Waals surface area contributed by atoms with Gasteiger partial charge in [0.2, 0.25) is 0 Å². The first-order chi connectivity index (χ1) is 18.5. The van der Waals surface area contributed by atoms with Gasteiger partial charge in [-0.15, -0.1) is 0 Å². The number of nitrogens with two attached hydrogens (primary N) is 1. The van der Waals surface area contributed by atoms with Crippen LogP contribution in [-0.4, -0.2) is 59.0 Å². The number of primary amides is 1. The van der Waals surface area contributed by atoms with E-state index in [2.05, 4.69) is 20.3 Å². The largest absolute Gasteiger partial charge is 0.383 e. The van der Waals surface area contributed by atoms with E-state index in [-0.39, 0.29) is 5.82 Å². The Morgan fingerprint density at radius 1 is 1.13 bits per heavy atom. The summed E-state index contributed by atoms with van der Waals surface area (Å²) in [6.45, 7) is 5.67. The van der Waals surface area contributed by atoms with Crippen LogP contribution < -0.4 is 11.1 Å². The van der Waals surface area contributed by atoms with E-state index in [4.69, 9.17) is 10.5 Å². The molecule has 2 aromatic carbocycles. The number of hydrogen-bond donors (Lipinski definition) is 2. The minimum atomic E-state index is -0.611. The van der Waals surface area contributed by atoms with Crippen molar-refractivity contribution in [3.05, 3.63) is 96.1 Å². The highest BCUT2D eigenvalue weighted by Crippen LogP contribution is 2.30. The number of hydrogen-bond acceptors (Lipinski definition) is 5. The molecule has 2 amide bonds. The molecule has 1 aliphatic rings. The van der Waals surface area contributed by atoms with Crippen molar-refractivity contribution in [1.82, 2.24) is 19.7 Å². The van der Waals surface area contributed by atoms with Crippen LogP contribution in [0.5, 0.6) is 0 Å². The summed E-state index contributed by atoms with van der Waals surface area (Å²) in [5.74, 6) is 0.755. The summed E-state index contributed by atoms with van der Waals surface area (Å²) in [6, 6.07) is 20.4. The van der Waals surface area contributed by atoms with Crippen LogP contribution in [0.2, 0.25) is 0 Å². The van der Waals surface area contributed by atoms with Crippen molar-refractivity contribution in [3.8, 4) is 16.9 Å². The Morgan fingerprint density at radius 2 is 1.84 bits per heavy atom. The molecule has 1 aliphatic heterocycles. The lowest BCUT2D eigenvalue weighted by Crippen LogP contribution is -2.24. The van der Waals surface area contributed by atoms with E-state index in [9.17, 15) is 9.18 Å². The first-order valence-electron chi connectivity index (χ1n) is 12.5. The average Bonchev–Trinajstić information content (AvgIpc) is 3.54. The van der Waals surface area contributed by atoms with Gasteiger partial charge in [-0.25, -0.2) is 13.9 Å². The highest BCUT2D eigenvalue weighted by atomic mass is 19.1. The standard InChI is InChI=1S/C17H16N4O.C12H17FN2O/c1-12-15(13-8-4-2-5-9-13)20-21(16(12)19-17(18)22)14-10-6-3-7-11-14;1-16-5-4-15-3-2-10(9-15)11-6-12(13)8-14-7-11/h2-11H,1H3,(H3,18,19,22);6-8,10H,2-5,9H2,1H3. The van der Waals surface area contributed by atoms with E-state index in [1.54, 1.807) is 24.1 Å². The lowest BCUT2D eigenvalue weighted by atomic mass is 10.0. The van der Waals surface area contributed by atoms with Gasteiger partial charge in [-0.05, 0) is 49.6 Å². The molecule has 3 N–H and O–H groups in total. The van der Waals surface area contributed by atoms with E-state index in [1.165, 1.54) is 6.20 Å². The summed E-state index contributed by atoms with van der Waals surface area (Å²) in [7, 11) is 1.71. The van der Waals surface area contributed by atoms with Crippen molar-refractivity contribution in [2.24, 2.45) is 5.73 Å². The van der Waals surface area contributed by atoms with Crippen molar-refractivity contribution in [3.63, 3.8) is 0 Å². The molecule has 4 aromatic rings. The maximum Gasteiger partial charge on any atom is 0.317 e. The number of likely N-dealkylation sites (tertiary alicyclic amines) is 1. The quantitative estimate of drug-likeness (QED) is 0.360. The second-order valence-corrected chi connectivity index (χ2v) is 9.14. The Kier molecular flexibility index (Phi) is 9.18. The van der Waals surface area contributed by atoms with Crippen molar-refractivity contribution in [1.29, 1.82) is 0 Å². The number of amides is 2. The molecule has 1 unspecified atom stereocenters. The van der Waals surface area contributed by atoms with Gasteiger partial charge in [0.25, 0.3) is 0 Å². The fourth-order valence-electron chi connectivity index (χ4n) is 4.57. The fraction of sp³-hybridized carbons (Fsp3) is 0.276. The lowest BCUT2D eigenvalue weighted by molar-refractivity contribution is 0.160. The molecule has 8 nitrogen and oxygen atoms in total. The van der Waals surface area contributed by atoms with Crippen LogP contribution in [0.4, 0.5) is 15.0 Å². The highest BCUT2D eigenvalue weighted by Gasteiger charge is 2.24. The molecule has 0 bridgehead atoms. The highest BCUT2D eigenvalue weighted by molar-refractivity contribution is 5.89. The summed E-state index contributed by atoms with van der Waals surface area (Å²) in [4.78, 5) is 17.6. The number of carbonyl (C=O) groups excluding carboxylic acids is 1. The molecule has 3 heterocycles. The average molecular weight is 517 g/mol. The van der Waals surface area contributed by atoms with Gasteiger partial charge in [0.1, 0.15) is 11.6 Å². The predicted octanol–water partition coefficient (Wildman–Crippen LogP) is 4.99. The monoisotopic (exact) mass is 516 g/mol. The summed E-state index contributed by atoms with van der Waals surface area (Å²) in [6.07, 6.45) is 4.10. The number of carbonyl (C=O) groups is 1. The molecule has 9 heteroatoms. The van der Waals surface area contributed by atoms with E-state index in [1.807, 2.05) is 67.6 Å². The normalized spacial score (nSPS) is 15.1.